The molecule has 0 radical (unpaired) electrons. The molecule has 90 valence electrons. The summed E-state index contributed by atoms with van der Waals surface area (Å²) in [6, 6.07) is 5.41. The lowest BCUT2D eigenvalue weighted by molar-refractivity contribution is 0.112. The summed E-state index contributed by atoms with van der Waals surface area (Å²) in [5, 5.41) is 3.02. The summed E-state index contributed by atoms with van der Waals surface area (Å²) in [6.45, 7) is 3.30. The van der Waals surface area contributed by atoms with Crippen molar-refractivity contribution in [1.82, 2.24) is 5.32 Å². The lowest BCUT2D eigenvalue weighted by Crippen LogP contribution is -2.05. The number of hydrogen-bond acceptors (Lipinski definition) is 3. The molecule has 0 spiro atoms. The maximum Gasteiger partial charge on any atom is 0.153 e. The molecule has 0 aliphatic rings. The Morgan fingerprint density at radius 1 is 1.47 bits per heavy atom. The highest BCUT2D eigenvalue weighted by molar-refractivity contribution is 5.80. The van der Waals surface area contributed by atoms with Gasteiger partial charge in [0.1, 0.15) is 5.75 Å². The molecule has 1 aromatic carbocycles. The molecule has 1 rings (SSSR count). The molecule has 0 fully saturated rings. The molecule has 0 bridgehead atoms. The predicted octanol–water partition coefficient (Wildman–Crippen LogP) is 1.86. The summed E-state index contributed by atoms with van der Waals surface area (Å²) in [6.07, 6.45) is 1.59. The molecule has 0 aliphatic heterocycles. The molecular weight excluding hydrogens is 214 g/mol. The summed E-state index contributed by atoms with van der Waals surface area (Å²) < 4.78 is 5.34. The van der Waals surface area contributed by atoms with Crippen molar-refractivity contribution in [1.29, 1.82) is 0 Å². The minimum Gasteiger partial charge on any atom is -0.493 e. The number of carbonyl (C=O) groups is 1. The van der Waals surface area contributed by atoms with Gasteiger partial charge in [-0.1, -0.05) is 11.8 Å². The number of ether oxygens (including phenoxy) is 1. The number of carbonyl (C=O) groups excluding carboxylic acids is 1. The Hall–Kier alpha value is -1.79. The summed E-state index contributed by atoms with van der Waals surface area (Å²) in [5.74, 6) is 6.67. The summed E-state index contributed by atoms with van der Waals surface area (Å²) in [4.78, 5) is 10.9. The van der Waals surface area contributed by atoms with E-state index in [1.165, 1.54) is 0 Å². The van der Waals surface area contributed by atoms with Crippen LogP contribution in [0.2, 0.25) is 0 Å². The van der Waals surface area contributed by atoms with E-state index in [-0.39, 0.29) is 0 Å². The van der Waals surface area contributed by atoms with E-state index in [0.717, 1.165) is 24.8 Å². The molecule has 0 aromatic heterocycles. The highest BCUT2D eigenvalue weighted by Crippen LogP contribution is 2.17. The smallest absolute Gasteiger partial charge is 0.153 e. The number of nitrogens with one attached hydrogen (secondary N) is 1. The Kier molecular flexibility index (Phi) is 5.84. The van der Waals surface area contributed by atoms with Gasteiger partial charge < -0.3 is 10.1 Å². The normalized spacial score (nSPS) is 9.29. The third-order valence-corrected chi connectivity index (χ3v) is 2.17. The zero-order valence-corrected chi connectivity index (χ0v) is 10.2. The van der Waals surface area contributed by atoms with E-state index in [9.17, 15) is 4.79 Å². The van der Waals surface area contributed by atoms with E-state index >= 15 is 0 Å². The third kappa shape index (κ3) is 4.29. The fourth-order valence-electron chi connectivity index (χ4n) is 1.36. The van der Waals surface area contributed by atoms with Crippen LogP contribution in [0, 0.1) is 11.8 Å². The Balaban J connectivity index is 2.80. The Bertz CT molecular complexity index is 430. The lowest BCUT2D eigenvalue weighted by Gasteiger charge is -2.05. The number of aldehydes is 1. The summed E-state index contributed by atoms with van der Waals surface area (Å²) >= 11 is 0. The highest BCUT2D eigenvalue weighted by Gasteiger charge is 2.02. The van der Waals surface area contributed by atoms with Gasteiger partial charge in [0.15, 0.2) is 6.29 Å². The number of hydrogen-bond donors (Lipinski definition) is 1. The van der Waals surface area contributed by atoms with E-state index in [1.54, 1.807) is 12.1 Å². The van der Waals surface area contributed by atoms with Crippen LogP contribution in [0.25, 0.3) is 0 Å². The van der Waals surface area contributed by atoms with Crippen molar-refractivity contribution in [2.24, 2.45) is 0 Å². The summed E-state index contributed by atoms with van der Waals surface area (Å²) in [5.41, 5.74) is 1.39. The maximum absolute atomic E-state index is 10.9. The SMILES string of the molecule is CCOc1ccc(C#CCCNC)cc1C=O. The van der Waals surface area contributed by atoms with Crippen molar-refractivity contribution in [3.63, 3.8) is 0 Å². The van der Waals surface area contributed by atoms with Gasteiger partial charge in [0.2, 0.25) is 0 Å². The van der Waals surface area contributed by atoms with Crippen molar-refractivity contribution in [3.8, 4) is 17.6 Å². The zero-order valence-electron chi connectivity index (χ0n) is 10.2. The molecule has 0 aliphatic carbocycles. The minimum atomic E-state index is 0.548. The second kappa shape index (κ2) is 7.48. The molecule has 1 aromatic rings. The molecule has 0 atom stereocenters. The van der Waals surface area contributed by atoms with Gasteiger partial charge in [0.25, 0.3) is 0 Å². The van der Waals surface area contributed by atoms with Gasteiger partial charge in [0, 0.05) is 18.5 Å². The number of benzene rings is 1. The van der Waals surface area contributed by atoms with Crippen LogP contribution in [0.1, 0.15) is 29.3 Å². The van der Waals surface area contributed by atoms with Gasteiger partial charge >= 0.3 is 0 Å². The van der Waals surface area contributed by atoms with Gasteiger partial charge in [-0.15, -0.1) is 0 Å². The van der Waals surface area contributed by atoms with Gasteiger partial charge in [-0.25, -0.2) is 0 Å². The fourth-order valence-corrected chi connectivity index (χ4v) is 1.36. The van der Waals surface area contributed by atoms with Crippen LogP contribution >= 0.6 is 0 Å². The van der Waals surface area contributed by atoms with Crippen LogP contribution in [0.4, 0.5) is 0 Å². The molecule has 17 heavy (non-hydrogen) atoms. The second-order valence-corrected chi connectivity index (χ2v) is 3.46. The van der Waals surface area contributed by atoms with E-state index in [1.807, 2.05) is 20.0 Å². The average Bonchev–Trinajstić information content (AvgIpc) is 2.36. The van der Waals surface area contributed by atoms with Gasteiger partial charge in [-0.05, 0) is 32.2 Å². The molecule has 1 N–H and O–H groups in total. The molecule has 3 heteroatoms. The Labute approximate surface area is 102 Å². The lowest BCUT2D eigenvalue weighted by atomic mass is 10.1. The first-order valence-electron chi connectivity index (χ1n) is 5.67. The first-order chi connectivity index (χ1) is 8.31. The van der Waals surface area contributed by atoms with Crippen molar-refractivity contribution in [2.45, 2.75) is 13.3 Å². The van der Waals surface area contributed by atoms with Gasteiger partial charge in [-0.3, -0.25) is 4.79 Å². The quantitative estimate of drug-likeness (QED) is 0.477. The zero-order chi connectivity index (χ0) is 12.5. The van der Waals surface area contributed by atoms with E-state index in [4.69, 9.17) is 4.74 Å². The fraction of sp³-hybridized carbons (Fsp3) is 0.357. The van der Waals surface area contributed by atoms with Crippen molar-refractivity contribution in [2.75, 3.05) is 20.2 Å². The van der Waals surface area contributed by atoms with Crippen molar-refractivity contribution in [3.05, 3.63) is 29.3 Å². The van der Waals surface area contributed by atoms with Gasteiger partial charge in [0.05, 0.1) is 12.2 Å². The van der Waals surface area contributed by atoms with E-state index in [0.29, 0.717) is 17.9 Å². The molecule has 3 nitrogen and oxygen atoms in total. The molecule has 0 saturated carbocycles. The van der Waals surface area contributed by atoms with Crippen LogP contribution < -0.4 is 10.1 Å². The van der Waals surface area contributed by atoms with Crippen molar-refractivity contribution < 1.29 is 9.53 Å². The molecule has 0 heterocycles. The van der Waals surface area contributed by atoms with E-state index in [2.05, 4.69) is 17.2 Å². The predicted molar refractivity (Wildman–Crippen MR) is 68.4 cm³/mol. The van der Waals surface area contributed by atoms with Crippen LogP contribution in [-0.2, 0) is 0 Å². The second-order valence-electron chi connectivity index (χ2n) is 3.46. The van der Waals surface area contributed by atoms with Crippen LogP contribution in [-0.4, -0.2) is 26.5 Å². The monoisotopic (exact) mass is 231 g/mol. The minimum absolute atomic E-state index is 0.548. The molecule has 0 unspecified atom stereocenters. The highest BCUT2D eigenvalue weighted by atomic mass is 16.5. The molecular formula is C14H17NO2. The Morgan fingerprint density at radius 3 is 2.94 bits per heavy atom. The third-order valence-electron chi connectivity index (χ3n) is 2.17. The molecule has 0 saturated heterocycles. The maximum atomic E-state index is 10.9. The summed E-state index contributed by atoms with van der Waals surface area (Å²) in [7, 11) is 1.89. The first-order valence-corrected chi connectivity index (χ1v) is 5.67. The largest absolute Gasteiger partial charge is 0.493 e. The van der Waals surface area contributed by atoms with Crippen LogP contribution in [0.5, 0.6) is 5.75 Å². The first kappa shape index (κ1) is 13.3. The van der Waals surface area contributed by atoms with Crippen LogP contribution in [0.3, 0.4) is 0 Å². The average molecular weight is 231 g/mol. The van der Waals surface area contributed by atoms with E-state index < -0.39 is 0 Å². The Morgan fingerprint density at radius 2 is 2.29 bits per heavy atom. The molecule has 0 amide bonds. The topological polar surface area (TPSA) is 38.3 Å². The number of rotatable bonds is 5. The van der Waals surface area contributed by atoms with Gasteiger partial charge in [-0.2, -0.15) is 0 Å². The van der Waals surface area contributed by atoms with Crippen molar-refractivity contribution >= 4 is 6.29 Å². The standard InChI is InChI=1S/C14H17NO2/c1-3-17-14-8-7-12(10-13(14)11-16)6-4-5-9-15-2/h7-8,10-11,15H,3,5,9H2,1-2H3. The van der Waals surface area contributed by atoms with Crippen LogP contribution in [0.15, 0.2) is 18.2 Å².